The molecule has 0 amide bonds. The topological polar surface area (TPSA) is 70.4 Å². The van der Waals surface area contributed by atoms with Gasteiger partial charge in [0, 0.05) is 45.3 Å². The van der Waals surface area contributed by atoms with Gasteiger partial charge in [0.25, 0.3) is 0 Å². The van der Waals surface area contributed by atoms with Gasteiger partial charge in [-0.25, -0.2) is 4.98 Å². The Bertz CT molecular complexity index is 729. The molecule has 0 spiro atoms. The molecule has 0 saturated heterocycles. The minimum atomic E-state index is 0.251. The Kier molecular flexibility index (Phi) is 6.41. The molecule has 0 aliphatic rings. The van der Waals surface area contributed by atoms with E-state index >= 15 is 0 Å². The van der Waals surface area contributed by atoms with E-state index in [0.717, 1.165) is 28.9 Å². The molecule has 2 aromatic rings. The number of aryl methyl sites for hydroxylation is 2. The molecule has 0 saturated carbocycles. The number of thiazole rings is 1. The number of hydrogen-bond donors (Lipinski definition) is 2. The Morgan fingerprint density at radius 1 is 1.40 bits per heavy atom. The average molecular weight is 364 g/mol. The van der Waals surface area contributed by atoms with E-state index in [0.29, 0.717) is 6.54 Å². The molecule has 7 nitrogen and oxygen atoms in total. The van der Waals surface area contributed by atoms with Crippen molar-refractivity contribution >= 4 is 22.4 Å². The van der Waals surface area contributed by atoms with E-state index in [-0.39, 0.29) is 6.04 Å². The van der Waals surface area contributed by atoms with Gasteiger partial charge in [-0.3, -0.25) is 9.67 Å². The summed E-state index contributed by atoms with van der Waals surface area (Å²) in [5.41, 5.74) is 4.62. The monoisotopic (exact) mass is 363 g/mol. The first-order chi connectivity index (χ1) is 11.8. The van der Waals surface area contributed by atoms with E-state index in [2.05, 4.69) is 51.9 Å². The largest absolute Gasteiger partial charge is 0.354 e. The van der Waals surface area contributed by atoms with Crippen LogP contribution in [0.3, 0.4) is 0 Å². The Morgan fingerprint density at radius 2 is 2.12 bits per heavy atom. The molecule has 138 valence electrons. The first-order valence-electron chi connectivity index (χ1n) is 8.39. The number of hydrogen-bond acceptors (Lipinski definition) is 5. The molecule has 0 aromatic carbocycles. The first-order valence-corrected chi connectivity index (χ1v) is 9.27. The van der Waals surface area contributed by atoms with Crippen LogP contribution in [0.25, 0.3) is 0 Å². The van der Waals surface area contributed by atoms with Crippen molar-refractivity contribution in [1.82, 2.24) is 25.4 Å². The molecule has 0 aliphatic heterocycles. The predicted molar refractivity (Wildman–Crippen MR) is 106 cm³/mol. The number of guanidine groups is 1. The molecule has 1 unspecified atom stereocenters. The van der Waals surface area contributed by atoms with Crippen molar-refractivity contribution in [3.05, 3.63) is 28.0 Å². The van der Waals surface area contributed by atoms with Crippen LogP contribution in [-0.2, 0) is 20.0 Å². The molecular weight excluding hydrogens is 334 g/mol. The van der Waals surface area contributed by atoms with Crippen LogP contribution in [0.4, 0.5) is 5.13 Å². The van der Waals surface area contributed by atoms with Gasteiger partial charge < -0.3 is 15.5 Å². The maximum absolute atomic E-state index is 4.58. The smallest absolute Gasteiger partial charge is 0.191 e. The molecule has 2 N–H and O–H groups in total. The zero-order valence-corrected chi connectivity index (χ0v) is 17.0. The highest BCUT2D eigenvalue weighted by molar-refractivity contribution is 7.13. The van der Waals surface area contributed by atoms with Gasteiger partial charge in [0.15, 0.2) is 11.1 Å². The van der Waals surface area contributed by atoms with E-state index in [1.807, 2.05) is 30.7 Å². The standard InChI is InChI=1S/C17H29N7S/c1-11(8-15-12(2)22-24(7)13(15)3)20-16(18-4)19-9-14-10-25-17(21-14)23(5)6/h10-11H,8-9H2,1-7H3,(H2,18,19,20). The summed E-state index contributed by atoms with van der Waals surface area (Å²) in [6, 6.07) is 0.251. The molecule has 0 radical (unpaired) electrons. The molecular formula is C17H29N7S. The number of aromatic nitrogens is 3. The van der Waals surface area contributed by atoms with Crippen molar-refractivity contribution in [2.75, 3.05) is 26.0 Å². The molecule has 1 atom stereocenters. The zero-order valence-electron chi connectivity index (χ0n) is 16.2. The zero-order chi connectivity index (χ0) is 18.6. The molecule has 2 rings (SSSR count). The van der Waals surface area contributed by atoms with E-state index in [4.69, 9.17) is 0 Å². The summed E-state index contributed by atoms with van der Waals surface area (Å²) >= 11 is 1.64. The van der Waals surface area contributed by atoms with E-state index in [9.17, 15) is 0 Å². The summed E-state index contributed by atoms with van der Waals surface area (Å²) in [7, 11) is 7.77. The molecule has 0 bridgehead atoms. The lowest BCUT2D eigenvalue weighted by atomic mass is 10.1. The summed E-state index contributed by atoms with van der Waals surface area (Å²) < 4.78 is 1.94. The van der Waals surface area contributed by atoms with Crippen LogP contribution in [0.15, 0.2) is 10.4 Å². The minimum Gasteiger partial charge on any atom is -0.354 e. The van der Waals surface area contributed by atoms with Crippen molar-refractivity contribution in [2.45, 2.75) is 39.8 Å². The fraction of sp³-hybridized carbons (Fsp3) is 0.588. The van der Waals surface area contributed by atoms with Gasteiger partial charge in [-0.15, -0.1) is 11.3 Å². The second-order valence-electron chi connectivity index (χ2n) is 6.46. The van der Waals surface area contributed by atoms with Crippen LogP contribution >= 0.6 is 11.3 Å². The van der Waals surface area contributed by atoms with Crippen molar-refractivity contribution in [1.29, 1.82) is 0 Å². The van der Waals surface area contributed by atoms with Crippen molar-refractivity contribution in [2.24, 2.45) is 12.0 Å². The highest BCUT2D eigenvalue weighted by Gasteiger charge is 2.14. The lowest BCUT2D eigenvalue weighted by molar-refractivity contribution is 0.634. The summed E-state index contributed by atoms with van der Waals surface area (Å²) in [5, 5.41) is 14.3. The molecule has 0 fully saturated rings. The van der Waals surface area contributed by atoms with Gasteiger partial charge in [-0.2, -0.15) is 5.10 Å². The average Bonchev–Trinajstić information content (AvgIpc) is 3.12. The summed E-state index contributed by atoms with van der Waals surface area (Å²) in [6.45, 7) is 6.99. The normalized spacial score (nSPS) is 13.0. The number of nitrogens with zero attached hydrogens (tertiary/aromatic N) is 5. The predicted octanol–water partition coefficient (Wildman–Crippen LogP) is 1.86. The number of anilines is 1. The lowest BCUT2D eigenvalue weighted by Gasteiger charge is -2.18. The summed E-state index contributed by atoms with van der Waals surface area (Å²) in [6.07, 6.45) is 0.910. The van der Waals surface area contributed by atoms with Gasteiger partial charge in [0.05, 0.1) is 17.9 Å². The van der Waals surface area contributed by atoms with Crippen LogP contribution in [0.5, 0.6) is 0 Å². The third kappa shape index (κ3) is 4.94. The van der Waals surface area contributed by atoms with Crippen LogP contribution in [0.1, 0.15) is 29.6 Å². The maximum atomic E-state index is 4.58. The van der Waals surface area contributed by atoms with Crippen molar-refractivity contribution in [3.63, 3.8) is 0 Å². The Labute approximate surface area is 154 Å². The fourth-order valence-electron chi connectivity index (χ4n) is 2.66. The Balaban J connectivity index is 1.90. The molecule has 0 aliphatic carbocycles. The van der Waals surface area contributed by atoms with E-state index < -0.39 is 0 Å². The molecule has 25 heavy (non-hydrogen) atoms. The summed E-state index contributed by atoms with van der Waals surface area (Å²) in [5.74, 6) is 0.783. The van der Waals surface area contributed by atoms with Crippen LogP contribution in [0.2, 0.25) is 0 Å². The second-order valence-corrected chi connectivity index (χ2v) is 7.30. The fourth-order valence-corrected chi connectivity index (χ4v) is 3.41. The number of aliphatic imine (C=N–C) groups is 1. The quantitative estimate of drug-likeness (QED) is 0.605. The van der Waals surface area contributed by atoms with Gasteiger partial charge in [-0.05, 0) is 32.8 Å². The van der Waals surface area contributed by atoms with Crippen LogP contribution in [-0.4, -0.2) is 47.9 Å². The Morgan fingerprint density at radius 3 is 2.64 bits per heavy atom. The van der Waals surface area contributed by atoms with Crippen LogP contribution in [0, 0.1) is 13.8 Å². The molecule has 2 heterocycles. The van der Waals surface area contributed by atoms with Gasteiger partial charge in [0.1, 0.15) is 0 Å². The summed E-state index contributed by atoms with van der Waals surface area (Å²) in [4.78, 5) is 10.9. The maximum Gasteiger partial charge on any atom is 0.191 e. The SMILES string of the molecule is CN=C(NCc1csc(N(C)C)n1)NC(C)Cc1c(C)nn(C)c1C. The highest BCUT2D eigenvalue weighted by atomic mass is 32.1. The van der Waals surface area contributed by atoms with E-state index in [1.54, 1.807) is 18.4 Å². The minimum absolute atomic E-state index is 0.251. The van der Waals surface area contributed by atoms with Gasteiger partial charge in [-0.1, -0.05) is 0 Å². The third-order valence-corrected chi connectivity index (χ3v) is 5.19. The second kappa shape index (κ2) is 8.33. The molecule has 2 aromatic heterocycles. The first kappa shape index (κ1) is 19.2. The van der Waals surface area contributed by atoms with E-state index in [1.165, 1.54) is 11.3 Å². The third-order valence-electron chi connectivity index (χ3n) is 4.14. The molecule has 8 heteroatoms. The van der Waals surface area contributed by atoms with Crippen molar-refractivity contribution < 1.29 is 0 Å². The number of nitrogens with one attached hydrogen (secondary N) is 2. The van der Waals surface area contributed by atoms with Gasteiger partial charge in [0.2, 0.25) is 0 Å². The highest BCUT2D eigenvalue weighted by Crippen LogP contribution is 2.17. The van der Waals surface area contributed by atoms with Crippen LogP contribution < -0.4 is 15.5 Å². The van der Waals surface area contributed by atoms with Crippen molar-refractivity contribution in [3.8, 4) is 0 Å². The number of rotatable bonds is 6. The lowest BCUT2D eigenvalue weighted by Crippen LogP contribution is -2.42. The Hall–Kier alpha value is -2.09. The van der Waals surface area contributed by atoms with Gasteiger partial charge >= 0.3 is 0 Å².